The Kier molecular flexibility index (Phi) is 5.08. The second-order valence-corrected chi connectivity index (χ2v) is 6.28. The Morgan fingerprint density at radius 1 is 0.680 bits per heavy atom. The minimum atomic E-state index is -0.0566. The quantitative estimate of drug-likeness (QED) is 0.574. The summed E-state index contributed by atoms with van der Waals surface area (Å²) in [5, 5.41) is 9.60. The molecule has 0 bridgehead atoms. The fourth-order valence-corrected chi connectivity index (χ4v) is 3.48. The Balaban J connectivity index is 1.91. The summed E-state index contributed by atoms with van der Waals surface area (Å²) in [4.78, 5) is 0. The number of ether oxygens (including phenoxy) is 1. The van der Waals surface area contributed by atoms with E-state index in [0.29, 0.717) is 5.75 Å². The van der Waals surface area contributed by atoms with Crippen molar-refractivity contribution in [3.63, 3.8) is 0 Å². The van der Waals surface area contributed by atoms with Crippen LogP contribution in [0.25, 0.3) is 0 Å². The summed E-state index contributed by atoms with van der Waals surface area (Å²) in [6.45, 7) is 4.43. The van der Waals surface area contributed by atoms with E-state index in [1.54, 1.807) is 12.1 Å². The fourth-order valence-electron chi connectivity index (χ4n) is 3.48. The van der Waals surface area contributed by atoms with Crippen LogP contribution in [-0.4, -0.2) is 5.11 Å². The Morgan fingerprint density at radius 3 is 1.68 bits per heavy atom. The SMILES string of the molecule is CCC(CC)(c1ccc(O)cc1)c1ccc(Oc2ccccc2)cc1. The smallest absolute Gasteiger partial charge is 0.127 e. The third-order valence-corrected chi connectivity index (χ3v) is 5.01. The number of aromatic hydroxyl groups is 1. The van der Waals surface area contributed by atoms with Gasteiger partial charge in [0, 0.05) is 5.41 Å². The van der Waals surface area contributed by atoms with E-state index in [-0.39, 0.29) is 5.41 Å². The van der Waals surface area contributed by atoms with Crippen molar-refractivity contribution < 1.29 is 9.84 Å². The third kappa shape index (κ3) is 3.53. The number of rotatable bonds is 6. The van der Waals surface area contributed by atoms with E-state index in [1.807, 2.05) is 54.6 Å². The largest absolute Gasteiger partial charge is 0.508 e. The van der Waals surface area contributed by atoms with Crippen molar-refractivity contribution in [3.8, 4) is 17.2 Å². The highest BCUT2D eigenvalue weighted by atomic mass is 16.5. The summed E-state index contributed by atoms with van der Waals surface area (Å²) in [7, 11) is 0. The van der Waals surface area contributed by atoms with Crippen molar-refractivity contribution >= 4 is 0 Å². The topological polar surface area (TPSA) is 29.5 Å². The van der Waals surface area contributed by atoms with Gasteiger partial charge in [-0.1, -0.05) is 56.3 Å². The summed E-state index contributed by atoms with van der Waals surface area (Å²) in [6.07, 6.45) is 1.99. The molecule has 1 N–H and O–H groups in total. The maximum absolute atomic E-state index is 9.60. The van der Waals surface area contributed by atoms with Crippen LogP contribution in [0.15, 0.2) is 78.9 Å². The van der Waals surface area contributed by atoms with Gasteiger partial charge < -0.3 is 9.84 Å². The highest BCUT2D eigenvalue weighted by molar-refractivity contribution is 5.43. The second-order valence-electron chi connectivity index (χ2n) is 6.28. The van der Waals surface area contributed by atoms with Gasteiger partial charge in [0.15, 0.2) is 0 Å². The lowest BCUT2D eigenvalue weighted by atomic mass is 9.70. The molecule has 0 aliphatic rings. The van der Waals surface area contributed by atoms with Gasteiger partial charge in [-0.2, -0.15) is 0 Å². The van der Waals surface area contributed by atoms with E-state index < -0.39 is 0 Å². The molecule has 128 valence electrons. The maximum Gasteiger partial charge on any atom is 0.127 e. The molecule has 0 aliphatic heterocycles. The van der Waals surface area contributed by atoms with Gasteiger partial charge >= 0.3 is 0 Å². The number of phenolic OH excluding ortho intramolecular Hbond substituents is 1. The molecule has 2 nitrogen and oxygen atoms in total. The van der Waals surface area contributed by atoms with E-state index in [4.69, 9.17) is 4.74 Å². The standard InChI is InChI=1S/C23H24O2/c1-3-23(4-2,18-10-14-20(24)15-11-18)19-12-16-22(17-13-19)25-21-8-6-5-7-9-21/h5-17,24H,3-4H2,1-2H3. The highest BCUT2D eigenvalue weighted by Crippen LogP contribution is 2.40. The molecule has 0 fully saturated rings. The van der Waals surface area contributed by atoms with Crippen LogP contribution >= 0.6 is 0 Å². The molecule has 0 aromatic heterocycles. The summed E-state index contributed by atoms with van der Waals surface area (Å²) < 4.78 is 5.90. The number of para-hydroxylation sites is 1. The first-order chi connectivity index (χ1) is 12.2. The van der Waals surface area contributed by atoms with Crippen LogP contribution < -0.4 is 4.74 Å². The first-order valence-electron chi connectivity index (χ1n) is 8.81. The first kappa shape index (κ1) is 17.1. The molecule has 0 heterocycles. The summed E-state index contributed by atoms with van der Waals surface area (Å²) in [5.41, 5.74) is 2.44. The molecule has 0 saturated heterocycles. The maximum atomic E-state index is 9.60. The zero-order chi connectivity index (χ0) is 17.7. The van der Waals surface area contributed by atoms with Crippen LogP contribution in [0.3, 0.4) is 0 Å². The van der Waals surface area contributed by atoms with E-state index in [1.165, 1.54) is 11.1 Å². The number of phenols is 1. The number of benzene rings is 3. The minimum Gasteiger partial charge on any atom is -0.508 e. The Labute approximate surface area is 149 Å². The van der Waals surface area contributed by atoms with E-state index >= 15 is 0 Å². The molecule has 0 radical (unpaired) electrons. The fraction of sp³-hybridized carbons (Fsp3) is 0.217. The van der Waals surface area contributed by atoms with Crippen molar-refractivity contribution in [1.29, 1.82) is 0 Å². The second kappa shape index (κ2) is 7.43. The zero-order valence-corrected chi connectivity index (χ0v) is 14.8. The molecule has 3 aromatic carbocycles. The van der Waals surface area contributed by atoms with Crippen LogP contribution in [0.1, 0.15) is 37.8 Å². The normalized spacial score (nSPS) is 11.3. The molecule has 0 unspecified atom stereocenters. The van der Waals surface area contributed by atoms with Crippen molar-refractivity contribution in [3.05, 3.63) is 90.0 Å². The molecule has 0 amide bonds. The molecule has 2 heteroatoms. The summed E-state index contributed by atoms with van der Waals surface area (Å²) >= 11 is 0. The van der Waals surface area contributed by atoms with Crippen molar-refractivity contribution in [1.82, 2.24) is 0 Å². The Bertz CT molecular complexity index is 786. The van der Waals surface area contributed by atoms with Gasteiger partial charge in [0.1, 0.15) is 17.2 Å². The van der Waals surface area contributed by atoms with Gasteiger partial charge in [-0.25, -0.2) is 0 Å². The molecule has 0 atom stereocenters. The lowest BCUT2D eigenvalue weighted by molar-refractivity contribution is 0.462. The Hall–Kier alpha value is -2.74. The average Bonchev–Trinajstić information content (AvgIpc) is 2.66. The van der Waals surface area contributed by atoms with Crippen LogP contribution in [-0.2, 0) is 5.41 Å². The summed E-state index contributed by atoms with van der Waals surface area (Å²) in [5.74, 6) is 1.98. The van der Waals surface area contributed by atoms with Gasteiger partial charge in [0.25, 0.3) is 0 Å². The third-order valence-electron chi connectivity index (χ3n) is 5.01. The van der Waals surface area contributed by atoms with Crippen LogP contribution in [0, 0.1) is 0 Å². The molecule has 3 rings (SSSR count). The van der Waals surface area contributed by atoms with E-state index in [2.05, 4.69) is 26.0 Å². The number of hydrogen-bond acceptors (Lipinski definition) is 2. The van der Waals surface area contributed by atoms with Gasteiger partial charge in [-0.3, -0.25) is 0 Å². The van der Waals surface area contributed by atoms with Crippen molar-refractivity contribution in [2.24, 2.45) is 0 Å². The van der Waals surface area contributed by atoms with Gasteiger partial charge in [-0.15, -0.1) is 0 Å². The average molecular weight is 332 g/mol. The lowest BCUT2D eigenvalue weighted by Gasteiger charge is -2.33. The molecule has 0 spiro atoms. The highest BCUT2D eigenvalue weighted by Gasteiger charge is 2.30. The minimum absolute atomic E-state index is 0.0566. The van der Waals surface area contributed by atoms with Crippen LogP contribution in [0.5, 0.6) is 17.2 Å². The predicted octanol–water partition coefficient (Wildman–Crippen LogP) is 6.29. The van der Waals surface area contributed by atoms with Gasteiger partial charge in [0.05, 0.1) is 0 Å². The van der Waals surface area contributed by atoms with Gasteiger partial charge in [-0.05, 0) is 60.4 Å². The summed E-state index contributed by atoms with van der Waals surface area (Å²) in [6, 6.07) is 25.8. The van der Waals surface area contributed by atoms with E-state index in [0.717, 1.165) is 24.3 Å². The molecule has 0 saturated carbocycles. The van der Waals surface area contributed by atoms with Crippen LogP contribution in [0.2, 0.25) is 0 Å². The van der Waals surface area contributed by atoms with Gasteiger partial charge in [0.2, 0.25) is 0 Å². The van der Waals surface area contributed by atoms with Crippen molar-refractivity contribution in [2.75, 3.05) is 0 Å². The predicted molar refractivity (Wildman–Crippen MR) is 102 cm³/mol. The van der Waals surface area contributed by atoms with Crippen LogP contribution in [0.4, 0.5) is 0 Å². The Morgan fingerprint density at radius 2 is 1.16 bits per heavy atom. The van der Waals surface area contributed by atoms with Crippen molar-refractivity contribution in [2.45, 2.75) is 32.1 Å². The molecule has 3 aromatic rings. The molecule has 0 aliphatic carbocycles. The molecular formula is C23H24O2. The zero-order valence-electron chi connectivity index (χ0n) is 14.8. The first-order valence-corrected chi connectivity index (χ1v) is 8.81. The lowest BCUT2D eigenvalue weighted by Crippen LogP contribution is -2.25. The number of hydrogen-bond donors (Lipinski definition) is 1. The molecular weight excluding hydrogens is 308 g/mol. The molecule has 25 heavy (non-hydrogen) atoms. The van der Waals surface area contributed by atoms with E-state index in [9.17, 15) is 5.11 Å². The monoisotopic (exact) mass is 332 g/mol.